The first-order valence-corrected chi connectivity index (χ1v) is 7.57. The van der Waals surface area contributed by atoms with Crippen LogP contribution in [0.15, 0.2) is 48.5 Å². The summed E-state index contributed by atoms with van der Waals surface area (Å²) in [4.78, 5) is 11.9. The molecule has 0 aliphatic carbocycles. The lowest BCUT2D eigenvalue weighted by atomic mass is 10.0. The number of alkyl halides is 3. The molecular formula is C18H19F3N2O. The van der Waals surface area contributed by atoms with E-state index in [1.807, 2.05) is 24.3 Å². The summed E-state index contributed by atoms with van der Waals surface area (Å²) in [5.74, 6) is -0.138. The fraction of sp³-hybridized carbons (Fsp3) is 0.278. The van der Waals surface area contributed by atoms with Gasteiger partial charge in [0.2, 0.25) is 5.91 Å². The van der Waals surface area contributed by atoms with E-state index in [-0.39, 0.29) is 12.2 Å². The van der Waals surface area contributed by atoms with E-state index in [1.165, 1.54) is 23.8 Å². The number of hydrogen-bond donors (Lipinski definition) is 2. The van der Waals surface area contributed by atoms with Crippen LogP contribution in [0.4, 0.5) is 24.5 Å². The molecule has 1 amide bonds. The molecule has 2 aromatic carbocycles. The Hall–Kier alpha value is -2.50. The van der Waals surface area contributed by atoms with Crippen molar-refractivity contribution in [3.05, 3.63) is 59.7 Å². The van der Waals surface area contributed by atoms with Crippen LogP contribution < -0.4 is 10.6 Å². The van der Waals surface area contributed by atoms with E-state index in [2.05, 4.69) is 24.5 Å². The van der Waals surface area contributed by atoms with Crippen molar-refractivity contribution in [3.63, 3.8) is 0 Å². The predicted octanol–water partition coefficient (Wildman–Crippen LogP) is 4.88. The van der Waals surface area contributed by atoms with E-state index in [1.54, 1.807) is 0 Å². The Morgan fingerprint density at radius 2 is 1.67 bits per heavy atom. The molecule has 0 aromatic heterocycles. The van der Waals surface area contributed by atoms with Gasteiger partial charge in [-0.25, -0.2) is 0 Å². The highest BCUT2D eigenvalue weighted by molar-refractivity contribution is 5.94. The second-order valence-electron chi connectivity index (χ2n) is 5.72. The van der Waals surface area contributed by atoms with Crippen molar-refractivity contribution in [2.24, 2.45) is 0 Å². The Balaban J connectivity index is 1.97. The lowest BCUT2D eigenvalue weighted by Gasteiger charge is -2.14. The minimum absolute atomic E-state index is 0.118. The summed E-state index contributed by atoms with van der Waals surface area (Å²) in [6.45, 7) is 4.04. The minimum atomic E-state index is -4.51. The van der Waals surface area contributed by atoms with Gasteiger partial charge in [0.05, 0.1) is 17.8 Å². The number of carbonyl (C=O) groups is 1. The molecule has 128 valence electrons. The van der Waals surface area contributed by atoms with Crippen molar-refractivity contribution in [2.45, 2.75) is 25.9 Å². The topological polar surface area (TPSA) is 41.1 Å². The fourth-order valence-corrected chi connectivity index (χ4v) is 2.20. The molecule has 6 heteroatoms. The first kappa shape index (κ1) is 17.8. The molecule has 2 N–H and O–H groups in total. The number of carbonyl (C=O) groups excluding carboxylic acids is 1. The third-order valence-corrected chi connectivity index (χ3v) is 3.54. The molecule has 0 unspecified atom stereocenters. The van der Waals surface area contributed by atoms with Crippen LogP contribution in [0, 0.1) is 0 Å². The van der Waals surface area contributed by atoms with Gasteiger partial charge in [0.1, 0.15) is 0 Å². The molecule has 2 aromatic rings. The molecule has 0 bridgehead atoms. The van der Waals surface area contributed by atoms with Crippen LogP contribution in [0.1, 0.15) is 30.9 Å². The Morgan fingerprint density at radius 1 is 1.04 bits per heavy atom. The Bertz CT molecular complexity index is 694. The van der Waals surface area contributed by atoms with E-state index >= 15 is 0 Å². The first-order valence-electron chi connectivity index (χ1n) is 7.57. The van der Waals surface area contributed by atoms with Crippen molar-refractivity contribution in [1.29, 1.82) is 0 Å². The lowest BCUT2D eigenvalue weighted by molar-refractivity contribution is -0.137. The second kappa shape index (κ2) is 7.38. The zero-order valence-electron chi connectivity index (χ0n) is 13.4. The number of benzene rings is 2. The van der Waals surface area contributed by atoms with Crippen molar-refractivity contribution < 1.29 is 18.0 Å². The number of amides is 1. The van der Waals surface area contributed by atoms with Gasteiger partial charge in [0, 0.05) is 5.69 Å². The Morgan fingerprint density at radius 3 is 2.25 bits per heavy atom. The summed E-state index contributed by atoms with van der Waals surface area (Å²) in [7, 11) is 0. The van der Waals surface area contributed by atoms with Gasteiger partial charge in [0.15, 0.2) is 0 Å². The highest BCUT2D eigenvalue weighted by Gasteiger charge is 2.33. The van der Waals surface area contributed by atoms with Gasteiger partial charge in [0.25, 0.3) is 0 Å². The third-order valence-electron chi connectivity index (χ3n) is 3.54. The number of halogens is 3. The largest absolute Gasteiger partial charge is 0.418 e. The van der Waals surface area contributed by atoms with Crippen LogP contribution in [-0.2, 0) is 11.0 Å². The molecule has 3 nitrogen and oxygen atoms in total. The number of hydrogen-bond acceptors (Lipinski definition) is 2. The van der Waals surface area contributed by atoms with E-state index < -0.39 is 17.6 Å². The van der Waals surface area contributed by atoms with Crippen LogP contribution in [0.2, 0.25) is 0 Å². The maximum atomic E-state index is 12.9. The van der Waals surface area contributed by atoms with Crippen molar-refractivity contribution in [1.82, 2.24) is 0 Å². The molecular weight excluding hydrogens is 317 g/mol. The third kappa shape index (κ3) is 4.75. The predicted molar refractivity (Wildman–Crippen MR) is 89.1 cm³/mol. The zero-order chi connectivity index (χ0) is 17.7. The molecule has 0 radical (unpaired) electrons. The summed E-state index contributed by atoms with van der Waals surface area (Å²) < 4.78 is 38.7. The summed E-state index contributed by atoms with van der Waals surface area (Å²) in [5, 5.41) is 5.19. The second-order valence-corrected chi connectivity index (χ2v) is 5.72. The average Bonchev–Trinajstić information content (AvgIpc) is 2.53. The molecule has 0 fully saturated rings. The maximum Gasteiger partial charge on any atom is 0.418 e. The van der Waals surface area contributed by atoms with E-state index in [0.29, 0.717) is 5.92 Å². The quantitative estimate of drug-likeness (QED) is 0.817. The van der Waals surface area contributed by atoms with Crippen LogP contribution in [0.5, 0.6) is 0 Å². The van der Waals surface area contributed by atoms with Gasteiger partial charge in [-0.2, -0.15) is 13.2 Å². The lowest BCUT2D eigenvalue weighted by Crippen LogP contribution is -2.23. The van der Waals surface area contributed by atoms with Gasteiger partial charge in [-0.3, -0.25) is 4.79 Å². The molecule has 24 heavy (non-hydrogen) atoms. The molecule has 0 aliphatic heterocycles. The fourth-order valence-electron chi connectivity index (χ4n) is 2.20. The molecule has 0 spiro atoms. The Kier molecular flexibility index (Phi) is 5.49. The van der Waals surface area contributed by atoms with Crippen molar-refractivity contribution in [3.8, 4) is 0 Å². The average molecular weight is 336 g/mol. The van der Waals surface area contributed by atoms with Gasteiger partial charge in [-0.1, -0.05) is 38.1 Å². The summed E-state index contributed by atoms with van der Waals surface area (Å²) in [6.07, 6.45) is -4.51. The van der Waals surface area contributed by atoms with Gasteiger partial charge in [-0.15, -0.1) is 0 Å². The number of anilines is 2. The summed E-state index contributed by atoms with van der Waals surface area (Å²) in [6, 6.07) is 12.5. The molecule has 0 heterocycles. The monoisotopic (exact) mass is 336 g/mol. The summed E-state index contributed by atoms with van der Waals surface area (Å²) in [5.41, 5.74) is 0.800. The molecule has 0 saturated carbocycles. The SMILES string of the molecule is CC(C)c1ccc(NCC(=O)Nc2ccccc2C(F)(F)F)cc1. The smallest absolute Gasteiger partial charge is 0.376 e. The van der Waals surface area contributed by atoms with E-state index in [0.717, 1.165) is 11.8 Å². The normalized spacial score (nSPS) is 11.4. The van der Waals surface area contributed by atoms with Crippen LogP contribution in [-0.4, -0.2) is 12.5 Å². The van der Waals surface area contributed by atoms with E-state index in [4.69, 9.17) is 0 Å². The van der Waals surface area contributed by atoms with Crippen LogP contribution in [0.3, 0.4) is 0 Å². The highest BCUT2D eigenvalue weighted by Crippen LogP contribution is 2.34. The molecule has 0 saturated heterocycles. The standard InChI is InChI=1S/C18H19F3N2O/c1-12(2)13-7-9-14(10-8-13)22-11-17(24)23-16-6-4-3-5-15(16)18(19,20)21/h3-10,12,22H,11H2,1-2H3,(H,23,24). The number of rotatable bonds is 5. The zero-order valence-corrected chi connectivity index (χ0v) is 13.4. The summed E-state index contributed by atoms with van der Waals surface area (Å²) >= 11 is 0. The minimum Gasteiger partial charge on any atom is -0.376 e. The molecule has 0 aliphatic rings. The highest BCUT2D eigenvalue weighted by atomic mass is 19.4. The first-order chi connectivity index (χ1) is 11.3. The van der Waals surface area contributed by atoms with Crippen LogP contribution in [0.25, 0.3) is 0 Å². The van der Waals surface area contributed by atoms with Crippen LogP contribution >= 0.6 is 0 Å². The van der Waals surface area contributed by atoms with Gasteiger partial charge < -0.3 is 10.6 Å². The van der Waals surface area contributed by atoms with E-state index in [9.17, 15) is 18.0 Å². The van der Waals surface area contributed by atoms with Crippen molar-refractivity contribution >= 4 is 17.3 Å². The molecule has 2 rings (SSSR count). The van der Waals surface area contributed by atoms with Crippen molar-refractivity contribution in [2.75, 3.05) is 17.2 Å². The molecule has 0 atom stereocenters. The van der Waals surface area contributed by atoms with Gasteiger partial charge in [-0.05, 0) is 35.7 Å². The Labute approximate surface area is 138 Å². The maximum absolute atomic E-state index is 12.9. The number of para-hydroxylation sites is 1. The number of nitrogens with one attached hydrogen (secondary N) is 2. The van der Waals surface area contributed by atoms with Gasteiger partial charge >= 0.3 is 6.18 Å².